The first-order valence-electron chi connectivity index (χ1n) is 8.54. The van der Waals surface area contributed by atoms with Crippen molar-refractivity contribution in [1.82, 2.24) is 4.90 Å². The Morgan fingerprint density at radius 1 is 1.15 bits per heavy atom. The quantitative estimate of drug-likeness (QED) is 0.514. The van der Waals surface area contributed by atoms with E-state index in [0.717, 1.165) is 13.0 Å². The SMILES string of the molecule is COC(=O)c1ccccc1NC(=O)/C(C#N)=C\N1CCc2ccccc2C1. The number of benzene rings is 2. The minimum Gasteiger partial charge on any atom is -0.465 e. The highest BCUT2D eigenvalue weighted by Crippen LogP contribution is 2.20. The van der Waals surface area contributed by atoms with E-state index in [1.165, 1.54) is 18.2 Å². The fourth-order valence-electron chi connectivity index (χ4n) is 3.02. The lowest BCUT2D eigenvalue weighted by atomic mass is 10.00. The highest BCUT2D eigenvalue weighted by Gasteiger charge is 2.18. The molecule has 0 fully saturated rings. The molecule has 0 radical (unpaired) electrons. The molecule has 0 bridgehead atoms. The smallest absolute Gasteiger partial charge is 0.339 e. The number of esters is 1. The zero-order valence-corrected chi connectivity index (χ0v) is 14.9. The predicted molar refractivity (Wildman–Crippen MR) is 101 cm³/mol. The lowest BCUT2D eigenvalue weighted by Gasteiger charge is -2.27. The fourth-order valence-corrected chi connectivity index (χ4v) is 3.02. The second-order valence-corrected chi connectivity index (χ2v) is 6.14. The number of hydrogen-bond acceptors (Lipinski definition) is 5. The third-order valence-corrected chi connectivity index (χ3v) is 4.42. The van der Waals surface area contributed by atoms with Crippen LogP contribution in [0.3, 0.4) is 0 Å². The molecule has 2 aromatic carbocycles. The number of nitrogens with one attached hydrogen (secondary N) is 1. The molecule has 3 rings (SSSR count). The lowest BCUT2D eigenvalue weighted by molar-refractivity contribution is -0.112. The van der Waals surface area contributed by atoms with Gasteiger partial charge in [0.2, 0.25) is 0 Å². The number of nitriles is 1. The minimum absolute atomic E-state index is 0.0194. The Hall–Kier alpha value is -3.59. The number of nitrogens with zero attached hydrogens (tertiary/aromatic N) is 2. The van der Waals surface area contributed by atoms with E-state index in [1.54, 1.807) is 30.5 Å². The molecule has 0 saturated heterocycles. The van der Waals surface area contributed by atoms with Crippen molar-refractivity contribution in [1.29, 1.82) is 5.26 Å². The Balaban J connectivity index is 1.77. The molecule has 1 amide bonds. The molecule has 1 aliphatic rings. The van der Waals surface area contributed by atoms with Gasteiger partial charge in [-0.15, -0.1) is 0 Å². The van der Waals surface area contributed by atoms with Gasteiger partial charge in [0.15, 0.2) is 0 Å². The van der Waals surface area contributed by atoms with Crippen molar-refractivity contribution in [3.63, 3.8) is 0 Å². The van der Waals surface area contributed by atoms with Crippen LogP contribution in [0.15, 0.2) is 60.3 Å². The second-order valence-electron chi connectivity index (χ2n) is 6.14. The summed E-state index contributed by atoms with van der Waals surface area (Å²) in [6, 6.07) is 16.6. The van der Waals surface area contributed by atoms with E-state index in [-0.39, 0.29) is 11.1 Å². The molecule has 27 heavy (non-hydrogen) atoms. The number of anilines is 1. The molecule has 0 saturated carbocycles. The molecule has 0 unspecified atom stereocenters. The number of fused-ring (bicyclic) bond motifs is 1. The molecule has 0 aromatic heterocycles. The van der Waals surface area contributed by atoms with Gasteiger partial charge in [-0.2, -0.15) is 5.26 Å². The van der Waals surface area contributed by atoms with Crippen LogP contribution in [0.4, 0.5) is 5.69 Å². The van der Waals surface area contributed by atoms with Crippen molar-refractivity contribution in [3.8, 4) is 6.07 Å². The molecule has 0 spiro atoms. The van der Waals surface area contributed by atoms with E-state index in [1.807, 2.05) is 29.2 Å². The standard InChI is InChI=1S/C21H19N3O3/c1-27-21(26)18-8-4-5-9-19(18)23-20(25)17(12-22)14-24-11-10-15-6-2-3-7-16(15)13-24/h2-9,14H,10-11,13H2,1H3,(H,23,25)/b17-14-. The van der Waals surface area contributed by atoms with Gasteiger partial charge in [-0.05, 0) is 29.7 Å². The lowest BCUT2D eigenvalue weighted by Crippen LogP contribution is -2.27. The van der Waals surface area contributed by atoms with E-state index in [0.29, 0.717) is 12.2 Å². The third kappa shape index (κ3) is 4.15. The summed E-state index contributed by atoms with van der Waals surface area (Å²) in [5.74, 6) is -1.12. The average molecular weight is 361 g/mol. The van der Waals surface area contributed by atoms with Gasteiger partial charge in [-0.3, -0.25) is 4.79 Å². The van der Waals surface area contributed by atoms with Crippen LogP contribution in [0.2, 0.25) is 0 Å². The molecule has 0 atom stereocenters. The molecule has 1 N–H and O–H groups in total. The van der Waals surface area contributed by atoms with Crippen LogP contribution in [0, 0.1) is 11.3 Å². The summed E-state index contributed by atoms with van der Waals surface area (Å²) in [4.78, 5) is 26.3. The largest absolute Gasteiger partial charge is 0.465 e. The van der Waals surface area contributed by atoms with Gasteiger partial charge in [-0.25, -0.2) is 4.79 Å². The van der Waals surface area contributed by atoms with E-state index in [9.17, 15) is 14.9 Å². The third-order valence-electron chi connectivity index (χ3n) is 4.42. The Bertz CT molecular complexity index is 944. The summed E-state index contributed by atoms with van der Waals surface area (Å²) in [5, 5.41) is 12.1. The highest BCUT2D eigenvalue weighted by atomic mass is 16.5. The molecule has 2 aromatic rings. The Kier molecular flexibility index (Phi) is 5.53. The van der Waals surface area contributed by atoms with Crippen molar-refractivity contribution in [2.75, 3.05) is 19.0 Å². The first-order chi connectivity index (χ1) is 13.1. The number of amides is 1. The van der Waals surface area contributed by atoms with E-state index < -0.39 is 11.9 Å². The normalized spacial score (nSPS) is 13.3. The monoisotopic (exact) mass is 361 g/mol. The Morgan fingerprint density at radius 3 is 2.59 bits per heavy atom. The molecular formula is C21H19N3O3. The summed E-state index contributed by atoms with van der Waals surface area (Å²) < 4.78 is 4.72. The van der Waals surface area contributed by atoms with Crippen molar-refractivity contribution < 1.29 is 14.3 Å². The molecular weight excluding hydrogens is 342 g/mol. The summed E-state index contributed by atoms with van der Waals surface area (Å²) in [6.07, 6.45) is 2.43. The topological polar surface area (TPSA) is 82.4 Å². The number of ether oxygens (including phenoxy) is 1. The van der Waals surface area contributed by atoms with E-state index >= 15 is 0 Å². The van der Waals surface area contributed by atoms with Crippen LogP contribution in [0.5, 0.6) is 0 Å². The summed E-state index contributed by atoms with van der Waals surface area (Å²) in [6.45, 7) is 1.38. The van der Waals surface area contributed by atoms with Crippen molar-refractivity contribution >= 4 is 17.6 Å². The van der Waals surface area contributed by atoms with E-state index in [4.69, 9.17) is 4.74 Å². The van der Waals surface area contributed by atoms with Crippen LogP contribution >= 0.6 is 0 Å². The van der Waals surface area contributed by atoms with Crippen LogP contribution < -0.4 is 5.32 Å². The van der Waals surface area contributed by atoms with Crippen LogP contribution in [-0.2, 0) is 22.5 Å². The van der Waals surface area contributed by atoms with Crippen LogP contribution in [-0.4, -0.2) is 30.4 Å². The predicted octanol–water partition coefficient (Wildman–Crippen LogP) is 2.88. The van der Waals surface area contributed by atoms with Gasteiger partial charge in [0, 0.05) is 19.3 Å². The van der Waals surface area contributed by atoms with Crippen molar-refractivity contribution in [3.05, 3.63) is 77.0 Å². The van der Waals surface area contributed by atoms with Gasteiger partial charge >= 0.3 is 5.97 Å². The average Bonchev–Trinajstić information content (AvgIpc) is 2.71. The first-order valence-corrected chi connectivity index (χ1v) is 8.54. The van der Waals surface area contributed by atoms with Crippen molar-refractivity contribution in [2.45, 2.75) is 13.0 Å². The van der Waals surface area contributed by atoms with Gasteiger partial charge in [0.1, 0.15) is 11.6 Å². The van der Waals surface area contributed by atoms with Crippen molar-refractivity contribution in [2.24, 2.45) is 0 Å². The molecule has 1 heterocycles. The number of carbonyl (C=O) groups excluding carboxylic acids is 2. The van der Waals surface area contributed by atoms with Gasteiger partial charge in [-0.1, -0.05) is 36.4 Å². The Labute approximate surface area is 157 Å². The molecule has 136 valence electrons. The summed E-state index contributed by atoms with van der Waals surface area (Å²) >= 11 is 0. The maximum Gasteiger partial charge on any atom is 0.339 e. The summed E-state index contributed by atoms with van der Waals surface area (Å²) in [5.41, 5.74) is 3.00. The molecule has 1 aliphatic heterocycles. The number of hydrogen-bond donors (Lipinski definition) is 1. The number of methoxy groups -OCH3 is 1. The Morgan fingerprint density at radius 2 is 1.85 bits per heavy atom. The highest BCUT2D eigenvalue weighted by molar-refractivity contribution is 6.09. The number of rotatable bonds is 4. The summed E-state index contributed by atoms with van der Waals surface area (Å²) in [7, 11) is 1.27. The van der Waals surface area contributed by atoms with Crippen LogP contribution in [0.25, 0.3) is 0 Å². The van der Waals surface area contributed by atoms with E-state index in [2.05, 4.69) is 11.4 Å². The van der Waals surface area contributed by atoms with Crippen LogP contribution in [0.1, 0.15) is 21.5 Å². The first kappa shape index (κ1) is 18.2. The van der Waals surface area contributed by atoms with Gasteiger partial charge in [0.05, 0.1) is 18.4 Å². The maximum absolute atomic E-state index is 12.5. The maximum atomic E-state index is 12.5. The molecule has 6 heteroatoms. The number of carbonyl (C=O) groups is 2. The fraction of sp³-hybridized carbons (Fsp3) is 0.190. The second kappa shape index (κ2) is 8.19. The molecule has 0 aliphatic carbocycles. The van der Waals surface area contributed by atoms with Gasteiger partial charge in [0.25, 0.3) is 5.91 Å². The number of para-hydroxylation sites is 1. The van der Waals surface area contributed by atoms with Gasteiger partial charge < -0.3 is 15.0 Å². The zero-order valence-electron chi connectivity index (χ0n) is 14.9. The molecule has 6 nitrogen and oxygen atoms in total. The minimum atomic E-state index is -0.562. The zero-order chi connectivity index (χ0) is 19.2.